The first-order valence-corrected chi connectivity index (χ1v) is 3.80. The number of rotatable bonds is 4. The molecule has 0 radical (unpaired) electrons. The molecule has 4 heteroatoms. The lowest BCUT2D eigenvalue weighted by Crippen LogP contribution is -2.19. The van der Waals surface area contributed by atoms with E-state index in [9.17, 15) is 4.79 Å². The minimum absolute atomic E-state index is 0.0541. The van der Waals surface area contributed by atoms with Crippen LogP contribution >= 0.6 is 11.8 Å². The van der Waals surface area contributed by atoms with E-state index in [1.165, 1.54) is 11.8 Å². The zero-order valence-corrected chi connectivity index (χ0v) is 6.15. The van der Waals surface area contributed by atoms with Gasteiger partial charge in [-0.25, -0.2) is 0 Å². The van der Waals surface area contributed by atoms with E-state index in [0.717, 1.165) is 5.75 Å². The Morgan fingerprint density at radius 2 is 2.44 bits per heavy atom. The van der Waals surface area contributed by atoms with Crippen LogP contribution in [0.3, 0.4) is 0 Å². The fourth-order valence-corrected chi connectivity index (χ4v) is 1.13. The Labute approximate surface area is 58.6 Å². The van der Waals surface area contributed by atoms with Crippen LogP contribution in [-0.4, -0.2) is 22.2 Å². The Hall–Kier alpha value is -0.220. The summed E-state index contributed by atoms with van der Waals surface area (Å²) < 4.78 is 0. The normalized spacial score (nSPS) is 13.1. The van der Waals surface area contributed by atoms with E-state index in [-0.39, 0.29) is 11.8 Å². The zero-order valence-electron chi connectivity index (χ0n) is 5.33. The van der Waals surface area contributed by atoms with Gasteiger partial charge < -0.3 is 10.8 Å². The van der Waals surface area contributed by atoms with Crippen molar-refractivity contribution in [3.05, 3.63) is 0 Å². The SMILES string of the molecule is CCSC(N)CC(=O)O. The van der Waals surface area contributed by atoms with Crippen LogP contribution < -0.4 is 5.73 Å². The van der Waals surface area contributed by atoms with Crippen LogP contribution in [0.2, 0.25) is 0 Å². The number of aliphatic carboxylic acids is 1. The lowest BCUT2D eigenvalue weighted by Gasteiger charge is -2.04. The van der Waals surface area contributed by atoms with Crippen LogP contribution in [0.4, 0.5) is 0 Å². The first-order chi connectivity index (χ1) is 4.16. The van der Waals surface area contributed by atoms with Crippen molar-refractivity contribution in [1.82, 2.24) is 0 Å². The third-order valence-electron chi connectivity index (χ3n) is 0.757. The van der Waals surface area contributed by atoms with E-state index in [0.29, 0.717) is 0 Å². The smallest absolute Gasteiger partial charge is 0.305 e. The molecule has 0 amide bonds. The van der Waals surface area contributed by atoms with Gasteiger partial charge in [0, 0.05) is 0 Å². The molecule has 0 aliphatic rings. The molecule has 0 rings (SSSR count). The predicted molar refractivity (Wildman–Crippen MR) is 38.4 cm³/mol. The van der Waals surface area contributed by atoms with Gasteiger partial charge in [0.05, 0.1) is 11.8 Å². The molecule has 0 spiro atoms. The van der Waals surface area contributed by atoms with Crippen LogP contribution in [-0.2, 0) is 4.79 Å². The largest absolute Gasteiger partial charge is 0.481 e. The molecule has 3 N–H and O–H groups in total. The van der Waals surface area contributed by atoms with E-state index < -0.39 is 5.97 Å². The Bertz CT molecular complexity index is 97.0. The van der Waals surface area contributed by atoms with Crippen molar-refractivity contribution in [2.45, 2.75) is 18.7 Å². The summed E-state index contributed by atoms with van der Waals surface area (Å²) in [6, 6.07) is 0. The second-order valence-corrected chi connectivity index (χ2v) is 3.11. The van der Waals surface area contributed by atoms with Crippen molar-refractivity contribution < 1.29 is 9.90 Å². The van der Waals surface area contributed by atoms with Gasteiger partial charge in [-0.05, 0) is 5.75 Å². The molecule has 0 aromatic heterocycles. The predicted octanol–water partition coefficient (Wildman–Crippen LogP) is 0.499. The van der Waals surface area contributed by atoms with E-state index in [4.69, 9.17) is 10.8 Å². The van der Waals surface area contributed by atoms with E-state index in [1.54, 1.807) is 0 Å². The highest BCUT2D eigenvalue weighted by Crippen LogP contribution is 2.07. The third kappa shape index (κ3) is 5.65. The van der Waals surface area contributed by atoms with Gasteiger partial charge in [0.1, 0.15) is 0 Å². The van der Waals surface area contributed by atoms with Gasteiger partial charge >= 0.3 is 5.97 Å². The average Bonchev–Trinajstić information content (AvgIpc) is 1.63. The summed E-state index contributed by atoms with van der Waals surface area (Å²) in [5, 5.41) is 7.97. The summed E-state index contributed by atoms with van der Waals surface area (Å²) in [7, 11) is 0. The third-order valence-corrected chi connectivity index (χ3v) is 1.68. The van der Waals surface area contributed by atoms with Gasteiger partial charge in [-0.2, -0.15) is 0 Å². The maximum atomic E-state index is 9.99. The topological polar surface area (TPSA) is 63.3 Å². The van der Waals surface area contributed by atoms with Gasteiger partial charge in [-0.15, -0.1) is 11.8 Å². The van der Waals surface area contributed by atoms with Gasteiger partial charge in [0.2, 0.25) is 0 Å². The summed E-state index contributed by atoms with van der Waals surface area (Å²) in [5.41, 5.74) is 5.37. The monoisotopic (exact) mass is 149 g/mol. The highest BCUT2D eigenvalue weighted by molar-refractivity contribution is 7.99. The lowest BCUT2D eigenvalue weighted by atomic mass is 10.4. The summed E-state index contributed by atoms with van der Waals surface area (Å²) in [5.74, 6) is 0.0394. The zero-order chi connectivity index (χ0) is 7.28. The van der Waals surface area contributed by atoms with E-state index in [2.05, 4.69) is 0 Å². The number of carboxylic acid groups (broad SMARTS) is 1. The summed E-state index contributed by atoms with van der Waals surface area (Å²) in [6.07, 6.45) is 0.0541. The average molecular weight is 149 g/mol. The van der Waals surface area contributed by atoms with Crippen LogP contribution in [0.5, 0.6) is 0 Å². The molecule has 0 fully saturated rings. The van der Waals surface area contributed by atoms with Gasteiger partial charge in [-0.3, -0.25) is 4.79 Å². The first-order valence-electron chi connectivity index (χ1n) is 2.75. The molecule has 0 saturated heterocycles. The number of hydrogen-bond donors (Lipinski definition) is 2. The fraction of sp³-hybridized carbons (Fsp3) is 0.800. The molecule has 1 unspecified atom stereocenters. The number of hydrogen-bond acceptors (Lipinski definition) is 3. The molecule has 0 saturated carbocycles. The Balaban J connectivity index is 3.26. The molecular formula is C5H11NO2S. The van der Waals surface area contributed by atoms with Crippen LogP contribution in [0.25, 0.3) is 0 Å². The first kappa shape index (κ1) is 8.78. The van der Waals surface area contributed by atoms with Crippen LogP contribution in [0.1, 0.15) is 13.3 Å². The second-order valence-electron chi connectivity index (χ2n) is 1.59. The maximum Gasteiger partial charge on any atom is 0.305 e. The van der Waals surface area contributed by atoms with Crippen molar-refractivity contribution >= 4 is 17.7 Å². The molecule has 0 aliphatic carbocycles. The van der Waals surface area contributed by atoms with E-state index >= 15 is 0 Å². The number of nitrogens with two attached hydrogens (primary N) is 1. The number of carboxylic acids is 1. The quantitative estimate of drug-likeness (QED) is 0.571. The summed E-state index contributed by atoms with van der Waals surface area (Å²) in [6.45, 7) is 1.95. The second kappa shape index (κ2) is 4.64. The van der Waals surface area contributed by atoms with Crippen molar-refractivity contribution in [1.29, 1.82) is 0 Å². The Kier molecular flexibility index (Phi) is 4.53. The molecule has 0 aliphatic heterocycles. The molecule has 0 heterocycles. The van der Waals surface area contributed by atoms with Gasteiger partial charge in [0.15, 0.2) is 0 Å². The van der Waals surface area contributed by atoms with Gasteiger partial charge in [-0.1, -0.05) is 6.92 Å². The number of thioether (sulfide) groups is 1. The highest BCUT2D eigenvalue weighted by Gasteiger charge is 2.05. The van der Waals surface area contributed by atoms with Crippen molar-refractivity contribution in [3.63, 3.8) is 0 Å². The molecule has 3 nitrogen and oxygen atoms in total. The maximum absolute atomic E-state index is 9.99. The van der Waals surface area contributed by atoms with Crippen molar-refractivity contribution in [2.24, 2.45) is 5.73 Å². The molecular weight excluding hydrogens is 138 g/mol. The molecule has 9 heavy (non-hydrogen) atoms. The molecule has 1 atom stereocenters. The van der Waals surface area contributed by atoms with Crippen molar-refractivity contribution in [2.75, 3.05) is 5.75 Å². The lowest BCUT2D eigenvalue weighted by molar-refractivity contribution is -0.136. The minimum atomic E-state index is -0.830. The van der Waals surface area contributed by atoms with E-state index in [1.807, 2.05) is 6.92 Å². The van der Waals surface area contributed by atoms with Crippen LogP contribution in [0.15, 0.2) is 0 Å². The molecule has 54 valence electrons. The summed E-state index contributed by atoms with van der Waals surface area (Å²) >= 11 is 1.46. The highest BCUT2D eigenvalue weighted by atomic mass is 32.2. The molecule has 0 aromatic carbocycles. The number of carbonyl (C=O) groups is 1. The Morgan fingerprint density at radius 1 is 1.89 bits per heavy atom. The van der Waals surface area contributed by atoms with Crippen LogP contribution in [0, 0.1) is 0 Å². The minimum Gasteiger partial charge on any atom is -0.481 e. The summed E-state index contributed by atoms with van der Waals surface area (Å²) in [4.78, 5) is 9.99. The standard InChI is InChI=1S/C5H11NO2S/c1-2-9-4(6)3-5(7)8/h4H,2-3,6H2,1H3,(H,7,8). The Morgan fingerprint density at radius 3 is 2.78 bits per heavy atom. The fourth-order valence-electron chi connectivity index (χ4n) is 0.445. The molecule has 0 bridgehead atoms. The van der Waals surface area contributed by atoms with Gasteiger partial charge in [0.25, 0.3) is 0 Å². The van der Waals surface area contributed by atoms with Crippen molar-refractivity contribution in [3.8, 4) is 0 Å². The molecule has 0 aromatic rings.